The number of hydrogen-bond acceptors (Lipinski definition) is 3. The van der Waals surface area contributed by atoms with Gasteiger partial charge in [0.25, 0.3) is 5.91 Å². The number of amides is 1. The predicted octanol–water partition coefficient (Wildman–Crippen LogP) is 2.60. The van der Waals surface area contributed by atoms with Crippen molar-refractivity contribution in [3.63, 3.8) is 0 Å². The van der Waals surface area contributed by atoms with Gasteiger partial charge in [0.15, 0.2) is 0 Å². The zero-order chi connectivity index (χ0) is 11.7. The lowest BCUT2D eigenvalue weighted by Crippen LogP contribution is -2.38. The van der Waals surface area contributed by atoms with Crippen LogP contribution >= 0.6 is 35.3 Å². The van der Waals surface area contributed by atoms with E-state index in [2.05, 4.69) is 5.32 Å². The Balaban J connectivity index is 0.00000144. The second-order valence-electron chi connectivity index (χ2n) is 4.27. The number of thiophene rings is 1. The summed E-state index contributed by atoms with van der Waals surface area (Å²) in [6.07, 6.45) is 2.38. The fourth-order valence-corrected chi connectivity index (χ4v) is 2.76. The highest BCUT2D eigenvalue weighted by Crippen LogP contribution is 2.31. The minimum absolute atomic E-state index is 0. The molecule has 1 fully saturated rings. The third-order valence-corrected chi connectivity index (χ3v) is 4.53. The number of nitrogens with one attached hydrogen (secondary N) is 1. The highest BCUT2D eigenvalue weighted by molar-refractivity contribution is 7.13. The van der Waals surface area contributed by atoms with Gasteiger partial charge in [-0.2, -0.15) is 0 Å². The number of nitrogens with two attached hydrogens (primary N) is 1. The van der Waals surface area contributed by atoms with Gasteiger partial charge in [-0.15, -0.1) is 23.7 Å². The van der Waals surface area contributed by atoms with Crippen LogP contribution in [0.15, 0.2) is 5.38 Å². The van der Waals surface area contributed by atoms with E-state index in [-0.39, 0.29) is 24.4 Å². The number of hydrogen-bond donors (Lipinski definition) is 2. The topological polar surface area (TPSA) is 55.1 Å². The molecule has 1 saturated carbocycles. The second kappa shape index (κ2) is 6.05. The average molecular weight is 295 g/mol. The SMILES string of the molecule is Cc1csc(C(=O)NCC(N)C2CC2)c1Cl.Cl. The molecular formula is C11H16Cl2N2OS. The van der Waals surface area contributed by atoms with Crippen LogP contribution in [0.2, 0.25) is 5.02 Å². The Hall–Kier alpha value is -0.290. The standard InChI is InChI=1S/C11H15ClN2OS.ClH/c1-6-5-16-10(9(6)12)11(15)14-4-8(13)7-2-3-7;/h5,7-8H,2-4,13H2,1H3,(H,14,15);1H. The zero-order valence-electron chi connectivity index (χ0n) is 9.53. The van der Waals surface area contributed by atoms with Gasteiger partial charge in [0, 0.05) is 12.6 Å². The molecule has 0 saturated heterocycles. The van der Waals surface area contributed by atoms with Crippen molar-refractivity contribution >= 4 is 41.3 Å². The molecule has 3 nitrogen and oxygen atoms in total. The zero-order valence-corrected chi connectivity index (χ0v) is 11.9. The third-order valence-electron chi connectivity index (χ3n) is 2.83. The summed E-state index contributed by atoms with van der Waals surface area (Å²) in [6.45, 7) is 2.43. The molecule has 0 radical (unpaired) electrons. The first kappa shape index (κ1) is 14.8. The quantitative estimate of drug-likeness (QED) is 0.897. The van der Waals surface area contributed by atoms with Gasteiger partial charge in [-0.3, -0.25) is 4.79 Å². The highest BCUT2D eigenvalue weighted by atomic mass is 35.5. The Morgan fingerprint density at radius 2 is 2.35 bits per heavy atom. The minimum atomic E-state index is -0.112. The molecule has 0 bridgehead atoms. The van der Waals surface area contributed by atoms with Crippen LogP contribution in [-0.2, 0) is 0 Å². The van der Waals surface area contributed by atoms with Crippen molar-refractivity contribution in [2.75, 3.05) is 6.54 Å². The highest BCUT2D eigenvalue weighted by Gasteiger charge is 2.28. The Labute approximate surface area is 116 Å². The van der Waals surface area contributed by atoms with Crippen LogP contribution in [0.3, 0.4) is 0 Å². The summed E-state index contributed by atoms with van der Waals surface area (Å²) in [5, 5.41) is 5.28. The summed E-state index contributed by atoms with van der Waals surface area (Å²) in [6, 6.07) is 0.0868. The summed E-state index contributed by atoms with van der Waals surface area (Å²) in [7, 11) is 0. The molecule has 1 aromatic heterocycles. The molecule has 1 amide bonds. The summed E-state index contributed by atoms with van der Waals surface area (Å²) >= 11 is 7.39. The fraction of sp³-hybridized carbons (Fsp3) is 0.545. The fourth-order valence-electron chi connectivity index (χ4n) is 1.56. The van der Waals surface area contributed by atoms with Gasteiger partial charge in [-0.25, -0.2) is 0 Å². The molecule has 0 spiro atoms. The molecular weight excluding hydrogens is 279 g/mol. The Morgan fingerprint density at radius 1 is 1.71 bits per heavy atom. The van der Waals surface area contributed by atoms with E-state index >= 15 is 0 Å². The van der Waals surface area contributed by atoms with Gasteiger partial charge in [0.1, 0.15) is 4.88 Å². The van der Waals surface area contributed by atoms with Gasteiger partial charge >= 0.3 is 0 Å². The summed E-state index contributed by atoms with van der Waals surface area (Å²) in [4.78, 5) is 12.4. The van der Waals surface area contributed by atoms with E-state index in [1.807, 2.05) is 12.3 Å². The number of rotatable bonds is 4. The van der Waals surface area contributed by atoms with Crippen LogP contribution in [0.4, 0.5) is 0 Å². The molecule has 2 rings (SSSR count). The van der Waals surface area contributed by atoms with Crippen molar-refractivity contribution in [1.82, 2.24) is 5.32 Å². The minimum Gasteiger partial charge on any atom is -0.350 e. The molecule has 96 valence electrons. The predicted molar refractivity (Wildman–Crippen MR) is 74.3 cm³/mol. The first-order valence-corrected chi connectivity index (χ1v) is 6.62. The van der Waals surface area contributed by atoms with Crippen molar-refractivity contribution in [3.05, 3.63) is 20.8 Å². The molecule has 1 unspecified atom stereocenters. The third kappa shape index (κ3) is 3.58. The number of carbonyl (C=O) groups is 1. The van der Waals surface area contributed by atoms with Crippen LogP contribution in [0.25, 0.3) is 0 Å². The normalized spacial score (nSPS) is 16.2. The molecule has 6 heteroatoms. The largest absolute Gasteiger partial charge is 0.350 e. The van der Waals surface area contributed by atoms with Gasteiger partial charge in [0.2, 0.25) is 0 Å². The van der Waals surface area contributed by atoms with Crippen molar-refractivity contribution in [1.29, 1.82) is 0 Å². The molecule has 1 atom stereocenters. The molecule has 17 heavy (non-hydrogen) atoms. The van der Waals surface area contributed by atoms with Crippen LogP contribution in [0.5, 0.6) is 0 Å². The van der Waals surface area contributed by atoms with E-state index in [1.165, 1.54) is 24.2 Å². The number of carbonyl (C=O) groups excluding carboxylic acids is 1. The summed E-state index contributed by atoms with van der Waals surface area (Å²) < 4.78 is 0. The van der Waals surface area contributed by atoms with Crippen LogP contribution in [-0.4, -0.2) is 18.5 Å². The van der Waals surface area contributed by atoms with E-state index in [4.69, 9.17) is 17.3 Å². The summed E-state index contributed by atoms with van der Waals surface area (Å²) in [5.41, 5.74) is 6.85. The van der Waals surface area contributed by atoms with Crippen molar-refractivity contribution in [2.45, 2.75) is 25.8 Å². The molecule has 0 aromatic carbocycles. The van der Waals surface area contributed by atoms with Crippen LogP contribution in [0.1, 0.15) is 28.1 Å². The lowest BCUT2D eigenvalue weighted by Gasteiger charge is -2.10. The monoisotopic (exact) mass is 294 g/mol. The molecule has 1 aliphatic carbocycles. The van der Waals surface area contributed by atoms with Gasteiger partial charge in [-0.05, 0) is 36.6 Å². The molecule has 0 aliphatic heterocycles. The van der Waals surface area contributed by atoms with E-state index in [9.17, 15) is 4.79 Å². The maximum Gasteiger partial charge on any atom is 0.262 e. The number of aryl methyl sites for hydroxylation is 1. The van der Waals surface area contributed by atoms with Crippen molar-refractivity contribution in [3.8, 4) is 0 Å². The Morgan fingerprint density at radius 3 is 2.82 bits per heavy atom. The lowest BCUT2D eigenvalue weighted by molar-refractivity contribution is 0.0954. The molecule has 1 aromatic rings. The van der Waals surface area contributed by atoms with Gasteiger partial charge < -0.3 is 11.1 Å². The van der Waals surface area contributed by atoms with Crippen LogP contribution < -0.4 is 11.1 Å². The lowest BCUT2D eigenvalue weighted by atomic mass is 10.2. The van der Waals surface area contributed by atoms with Crippen molar-refractivity contribution < 1.29 is 4.79 Å². The Kier molecular flexibility index (Phi) is 5.25. The van der Waals surface area contributed by atoms with Crippen molar-refractivity contribution in [2.24, 2.45) is 11.7 Å². The molecule has 1 aliphatic rings. The van der Waals surface area contributed by atoms with E-state index in [1.54, 1.807) is 0 Å². The van der Waals surface area contributed by atoms with E-state index < -0.39 is 0 Å². The Bertz CT molecular complexity index is 404. The van der Waals surface area contributed by atoms with Gasteiger partial charge in [0.05, 0.1) is 5.02 Å². The smallest absolute Gasteiger partial charge is 0.262 e. The first-order chi connectivity index (χ1) is 7.59. The maximum atomic E-state index is 11.8. The maximum absolute atomic E-state index is 11.8. The molecule has 3 N–H and O–H groups in total. The summed E-state index contributed by atoms with van der Waals surface area (Å²) in [5.74, 6) is 0.486. The van der Waals surface area contributed by atoms with Gasteiger partial charge in [-0.1, -0.05) is 11.6 Å². The molecule has 1 heterocycles. The van der Waals surface area contributed by atoms with Crippen LogP contribution in [0, 0.1) is 12.8 Å². The second-order valence-corrected chi connectivity index (χ2v) is 5.53. The number of halogens is 2. The first-order valence-electron chi connectivity index (χ1n) is 5.37. The van der Waals surface area contributed by atoms with E-state index in [0.29, 0.717) is 22.4 Å². The van der Waals surface area contributed by atoms with E-state index in [0.717, 1.165) is 5.56 Å². The average Bonchev–Trinajstić information content (AvgIpc) is 3.04.